The van der Waals surface area contributed by atoms with Gasteiger partial charge in [-0.05, 0) is 37.1 Å². The second-order valence-electron chi connectivity index (χ2n) is 8.39. The number of benzene rings is 1. The van der Waals surface area contributed by atoms with Crippen LogP contribution in [0.25, 0.3) is 5.57 Å². The maximum absolute atomic E-state index is 14.8. The summed E-state index contributed by atoms with van der Waals surface area (Å²) in [6.07, 6.45) is 2.45. The molecule has 2 aliphatic rings. The van der Waals surface area contributed by atoms with Crippen molar-refractivity contribution in [1.82, 2.24) is 19.9 Å². The molecule has 1 saturated heterocycles. The number of nitrogens with zero attached hydrogens (tertiary/aromatic N) is 5. The molecule has 182 valence electrons. The first kappa shape index (κ1) is 23.9. The van der Waals surface area contributed by atoms with Gasteiger partial charge in [-0.2, -0.15) is 0 Å². The zero-order valence-electron chi connectivity index (χ0n) is 19.0. The third-order valence-electron chi connectivity index (χ3n) is 5.96. The first-order valence-electron chi connectivity index (χ1n) is 11.0. The minimum atomic E-state index is -3.11. The lowest BCUT2D eigenvalue weighted by atomic mass is 10.0. The predicted molar refractivity (Wildman–Crippen MR) is 122 cm³/mol. The molecule has 0 radical (unpaired) electrons. The van der Waals surface area contributed by atoms with Crippen LogP contribution in [-0.2, 0) is 32.3 Å². The van der Waals surface area contributed by atoms with Gasteiger partial charge in [-0.15, -0.1) is 5.10 Å². The van der Waals surface area contributed by atoms with E-state index in [1.54, 1.807) is 30.3 Å². The molecule has 0 spiro atoms. The van der Waals surface area contributed by atoms with Crippen LogP contribution in [0.3, 0.4) is 0 Å². The summed E-state index contributed by atoms with van der Waals surface area (Å²) in [7, 11) is -1.39. The third kappa shape index (κ3) is 5.27. The van der Waals surface area contributed by atoms with Gasteiger partial charge in [0, 0.05) is 25.4 Å². The molecular weight excluding hydrogens is 465 g/mol. The zero-order valence-corrected chi connectivity index (χ0v) is 19.8. The van der Waals surface area contributed by atoms with Gasteiger partial charge in [0.05, 0.1) is 42.4 Å². The molecule has 34 heavy (non-hydrogen) atoms. The fourth-order valence-electron chi connectivity index (χ4n) is 3.87. The maximum atomic E-state index is 14.8. The van der Waals surface area contributed by atoms with Crippen LogP contribution in [0.2, 0.25) is 0 Å². The summed E-state index contributed by atoms with van der Waals surface area (Å²) in [6, 6.07) is 4.44. The Kier molecular flexibility index (Phi) is 6.69. The quantitative estimate of drug-likeness (QED) is 0.579. The van der Waals surface area contributed by atoms with Gasteiger partial charge >= 0.3 is 6.09 Å². The van der Waals surface area contributed by atoms with Crippen molar-refractivity contribution in [2.45, 2.75) is 32.4 Å². The average molecular weight is 492 g/mol. The number of carbonyl (C=O) groups is 2. The van der Waals surface area contributed by atoms with Crippen LogP contribution in [0.1, 0.15) is 24.6 Å². The van der Waals surface area contributed by atoms with E-state index in [2.05, 4.69) is 10.3 Å². The summed E-state index contributed by atoms with van der Waals surface area (Å²) in [5.74, 6) is -0.698. The molecule has 0 saturated carbocycles. The van der Waals surface area contributed by atoms with E-state index in [1.807, 2.05) is 6.92 Å². The maximum Gasteiger partial charge on any atom is 0.414 e. The predicted octanol–water partition coefficient (Wildman–Crippen LogP) is 1.67. The monoisotopic (exact) mass is 491 g/mol. The van der Waals surface area contributed by atoms with Crippen LogP contribution in [0, 0.1) is 5.82 Å². The largest absolute Gasteiger partial charge is 0.442 e. The lowest BCUT2D eigenvalue weighted by Crippen LogP contribution is -2.27. The van der Waals surface area contributed by atoms with E-state index in [0.29, 0.717) is 29.1 Å². The van der Waals surface area contributed by atoms with Gasteiger partial charge in [0.15, 0.2) is 9.84 Å². The highest BCUT2D eigenvalue weighted by molar-refractivity contribution is 7.91. The van der Waals surface area contributed by atoms with E-state index < -0.39 is 27.9 Å². The number of allylic oxidation sites excluding steroid dienone is 1. The van der Waals surface area contributed by atoms with E-state index >= 15 is 0 Å². The van der Waals surface area contributed by atoms with Crippen LogP contribution in [0.15, 0.2) is 30.5 Å². The van der Waals surface area contributed by atoms with Crippen molar-refractivity contribution in [2.24, 2.45) is 0 Å². The molecule has 12 heteroatoms. The Morgan fingerprint density at radius 3 is 2.82 bits per heavy atom. The Balaban J connectivity index is 1.40. The van der Waals surface area contributed by atoms with Crippen molar-refractivity contribution in [2.75, 3.05) is 36.5 Å². The van der Waals surface area contributed by atoms with Crippen LogP contribution in [0.4, 0.5) is 14.9 Å². The van der Waals surface area contributed by atoms with Crippen LogP contribution in [-0.4, -0.2) is 78.1 Å². The van der Waals surface area contributed by atoms with Crippen LogP contribution >= 0.6 is 0 Å². The lowest BCUT2D eigenvalue weighted by Gasteiger charge is -2.17. The molecule has 2 amide bonds. The normalized spacial score (nSPS) is 19.6. The van der Waals surface area contributed by atoms with Gasteiger partial charge in [-0.3, -0.25) is 9.69 Å². The zero-order chi connectivity index (χ0) is 24.5. The number of carbonyl (C=O) groups excluding carboxylic acids is 2. The van der Waals surface area contributed by atoms with Gasteiger partial charge in [0.25, 0.3) is 0 Å². The summed E-state index contributed by atoms with van der Waals surface area (Å²) < 4.78 is 45.0. The standard InChI is InChI=1S/C22H26FN5O5S/c1-3-26(2)21(29)10-16-12-27(25-24-16)13-18-14-28(22(30)33-18)17-4-5-19(20(23)11-17)15-6-8-34(31,32)9-7-15/h4-6,11-12,18H,3,7-10,13-14H2,1-2H3/t18-/m0/s1. The van der Waals surface area contributed by atoms with E-state index in [1.165, 1.54) is 21.7 Å². The SMILES string of the molecule is CCN(C)C(=O)Cc1cn(C[C@H]2CN(c3ccc(C4=CCS(=O)(=O)CC4)c(F)c3)C(=O)O2)nn1. The number of aromatic nitrogens is 3. The molecule has 1 atom stereocenters. The minimum absolute atomic E-state index is 0.00633. The molecule has 2 aliphatic heterocycles. The first-order chi connectivity index (χ1) is 16.1. The number of anilines is 1. The smallest absolute Gasteiger partial charge is 0.414 e. The molecule has 1 aromatic carbocycles. The first-order valence-corrected chi connectivity index (χ1v) is 12.8. The van der Waals surface area contributed by atoms with Gasteiger partial charge in [-0.1, -0.05) is 11.3 Å². The third-order valence-corrected chi connectivity index (χ3v) is 7.46. The second-order valence-corrected chi connectivity index (χ2v) is 10.6. The van der Waals surface area contributed by atoms with Gasteiger partial charge in [-0.25, -0.2) is 22.3 Å². The van der Waals surface area contributed by atoms with Crippen LogP contribution < -0.4 is 4.90 Å². The Labute approximate surface area is 196 Å². The molecule has 0 unspecified atom stereocenters. The van der Waals surface area contributed by atoms with Crippen molar-refractivity contribution in [3.63, 3.8) is 0 Å². The van der Waals surface area contributed by atoms with E-state index in [9.17, 15) is 22.4 Å². The number of halogens is 1. The summed E-state index contributed by atoms with van der Waals surface area (Å²) in [6.45, 7) is 2.93. The minimum Gasteiger partial charge on any atom is -0.442 e. The molecule has 0 N–H and O–H groups in total. The molecule has 0 bridgehead atoms. The highest BCUT2D eigenvalue weighted by Crippen LogP contribution is 2.30. The van der Waals surface area contributed by atoms with E-state index in [0.717, 1.165) is 0 Å². The van der Waals surface area contributed by atoms with Gasteiger partial charge in [0.1, 0.15) is 11.9 Å². The number of cyclic esters (lactones) is 1. The Morgan fingerprint density at radius 2 is 2.15 bits per heavy atom. The molecule has 3 heterocycles. The number of rotatable bonds is 7. The summed E-state index contributed by atoms with van der Waals surface area (Å²) in [4.78, 5) is 27.4. The van der Waals surface area contributed by atoms with Gasteiger partial charge in [0.2, 0.25) is 5.91 Å². The summed E-state index contributed by atoms with van der Waals surface area (Å²) in [5, 5.41) is 8.01. The highest BCUT2D eigenvalue weighted by atomic mass is 32.2. The fourth-order valence-corrected chi connectivity index (χ4v) is 5.02. The van der Waals surface area contributed by atoms with Crippen molar-refractivity contribution < 1.29 is 27.1 Å². The van der Waals surface area contributed by atoms with E-state index in [-0.39, 0.29) is 43.3 Å². The highest BCUT2D eigenvalue weighted by Gasteiger charge is 2.33. The Bertz CT molecular complexity index is 1240. The number of amides is 2. The number of hydrogen-bond donors (Lipinski definition) is 0. The number of ether oxygens (including phenoxy) is 1. The second kappa shape index (κ2) is 9.53. The Morgan fingerprint density at radius 1 is 1.35 bits per heavy atom. The summed E-state index contributed by atoms with van der Waals surface area (Å²) >= 11 is 0. The van der Waals surface area contributed by atoms with E-state index in [4.69, 9.17) is 4.74 Å². The lowest BCUT2D eigenvalue weighted by molar-refractivity contribution is -0.129. The molecule has 1 aromatic heterocycles. The van der Waals surface area contributed by atoms with Crippen molar-refractivity contribution in [3.05, 3.63) is 47.5 Å². The topological polar surface area (TPSA) is 115 Å². The molecule has 0 aliphatic carbocycles. The summed E-state index contributed by atoms with van der Waals surface area (Å²) in [5.41, 5.74) is 1.85. The Hall–Kier alpha value is -3.28. The molecule has 1 fully saturated rings. The van der Waals surface area contributed by atoms with Gasteiger partial charge < -0.3 is 9.64 Å². The fraction of sp³-hybridized carbons (Fsp3) is 0.455. The van der Waals surface area contributed by atoms with Crippen molar-refractivity contribution in [1.29, 1.82) is 0 Å². The van der Waals surface area contributed by atoms with Crippen molar-refractivity contribution in [3.8, 4) is 0 Å². The van der Waals surface area contributed by atoms with Crippen LogP contribution in [0.5, 0.6) is 0 Å². The molecule has 10 nitrogen and oxygen atoms in total. The number of likely N-dealkylation sites (N-methyl/N-ethyl adjacent to an activating group) is 1. The number of sulfone groups is 1. The number of hydrogen-bond acceptors (Lipinski definition) is 7. The average Bonchev–Trinajstić information content (AvgIpc) is 3.39. The molecule has 4 rings (SSSR count). The van der Waals surface area contributed by atoms with Crippen molar-refractivity contribution >= 4 is 33.1 Å². The molecular formula is C22H26FN5O5S. The molecule has 2 aromatic rings.